The molecule has 0 saturated heterocycles. The van der Waals surface area contributed by atoms with Gasteiger partial charge in [0.25, 0.3) is 5.56 Å². The molecule has 6 nitrogen and oxygen atoms in total. The minimum atomic E-state index is -0.116. The van der Waals surface area contributed by atoms with Crippen molar-refractivity contribution in [1.82, 2.24) is 19.3 Å². The molecular weight excluding hydrogens is 230 g/mol. The quantitative estimate of drug-likeness (QED) is 0.886. The smallest absolute Gasteiger partial charge is 0.293 e. The van der Waals surface area contributed by atoms with Crippen molar-refractivity contribution in [3.8, 4) is 0 Å². The fraction of sp³-hybridized carbons (Fsp3) is 0.417. The molecule has 6 heteroatoms. The monoisotopic (exact) mass is 247 g/mol. The topological polar surface area (TPSA) is 64.7 Å². The second-order valence-corrected chi connectivity index (χ2v) is 4.65. The molecule has 96 valence electrons. The second kappa shape index (κ2) is 5.03. The van der Waals surface area contributed by atoms with Crippen LogP contribution < -0.4 is 10.9 Å². The molecule has 2 heterocycles. The van der Waals surface area contributed by atoms with E-state index in [2.05, 4.69) is 29.2 Å². The van der Waals surface area contributed by atoms with Gasteiger partial charge >= 0.3 is 0 Å². The maximum atomic E-state index is 12.1. The third kappa shape index (κ3) is 2.77. The van der Waals surface area contributed by atoms with Crippen LogP contribution >= 0.6 is 0 Å². The van der Waals surface area contributed by atoms with Gasteiger partial charge in [-0.1, -0.05) is 13.8 Å². The van der Waals surface area contributed by atoms with Gasteiger partial charge in [0.1, 0.15) is 0 Å². The molecule has 2 rings (SSSR count). The van der Waals surface area contributed by atoms with Gasteiger partial charge in [-0.3, -0.25) is 9.48 Å². The molecule has 0 bridgehead atoms. The first-order valence-corrected chi connectivity index (χ1v) is 5.87. The Morgan fingerprint density at radius 2 is 2.22 bits per heavy atom. The first kappa shape index (κ1) is 12.3. The molecule has 0 aromatic carbocycles. The van der Waals surface area contributed by atoms with Gasteiger partial charge < -0.3 is 9.88 Å². The van der Waals surface area contributed by atoms with Gasteiger partial charge in [0, 0.05) is 32.2 Å². The van der Waals surface area contributed by atoms with Gasteiger partial charge in [0.2, 0.25) is 0 Å². The van der Waals surface area contributed by atoms with E-state index in [9.17, 15) is 4.79 Å². The molecule has 0 fully saturated rings. The van der Waals surface area contributed by atoms with Crippen LogP contribution in [0, 0.1) is 5.92 Å². The Hall–Kier alpha value is -2.11. The Kier molecular flexibility index (Phi) is 3.45. The van der Waals surface area contributed by atoms with Crippen LogP contribution in [0.4, 0.5) is 11.5 Å². The molecule has 0 saturated carbocycles. The fourth-order valence-corrected chi connectivity index (χ4v) is 1.69. The minimum absolute atomic E-state index is 0.116. The van der Waals surface area contributed by atoms with Gasteiger partial charge in [-0.05, 0) is 5.92 Å². The van der Waals surface area contributed by atoms with Crippen molar-refractivity contribution in [3.05, 3.63) is 35.1 Å². The predicted molar refractivity (Wildman–Crippen MR) is 69.8 cm³/mol. The molecular formula is C12H17N5O. The summed E-state index contributed by atoms with van der Waals surface area (Å²) in [7, 11) is 1.82. The van der Waals surface area contributed by atoms with Crippen LogP contribution in [-0.4, -0.2) is 19.3 Å². The summed E-state index contributed by atoms with van der Waals surface area (Å²) in [5.41, 5.74) is 0.638. The molecule has 0 unspecified atom stereocenters. The van der Waals surface area contributed by atoms with Crippen molar-refractivity contribution < 1.29 is 0 Å². The molecule has 0 aliphatic heterocycles. The molecule has 0 aliphatic rings. The lowest BCUT2D eigenvalue weighted by Gasteiger charge is -2.09. The standard InChI is InChI=1S/C12H17N5O/c1-9(2)7-17-5-4-13-11(12(17)18)15-10-6-14-16(3)8-10/h4-6,8-9H,7H2,1-3H3,(H,13,15). The Morgan fingerprint density at radius 1 is 1.44 bits per heavy atom. The van der Waals surface area contributed by atoms with Crippen molar-refractivity contribution in [2.45, 2.75) is 20.4 Å². The van der Waals surface area contributed by atoms with Crippen LogP contribution in [-0.2, 0) is 13.6 Å². The molecule has 0 amide bonds. The summed E-state index contributed by atoms with van der Waals surface area (Å²) < 4.78 is 3.33. The lowest BCUT2D eigenvalue weighted by atomic mass is 10.2. The van der Waals surface area contributed by atoms with E-state index in [0.717, 1.165) is 5.69 Å². The van der Waals surface area contributed by atoms with E-state index in [-0.39, 0.29) is 5.56 Å². The van der Waals surface area contributed by atoms with E-state index in [1.54, 1.807) is 34.0 Å². The van der Waals surface area contributed by atoms with Gasteiger partial charge in [-0.25, -0.2) is 4.98 Å². The Bertz CT molecular complexity index is 584. The number of aromatic nitrogens is 4. The van der Waals surface area contributed by atoms with E-state index in [1.165, 1.54) is 0 Å². The summed E-state index contributed by atoms with van der Waals surface area (Å²) in [6, 6.07) is 0. The van der Waals surface area contributed by atoms with Gasteiger partial charge in [0.05, 0.1) is 11.9 Å². The maximum Gasteiger partial charge on any atom is 0.293 e. The molecule has 2 aromatic heterocycles. The Balaban J connectivity index is 2.26. The molecule has 0 spiro atoms. The third-order valence-electron chi connectivity index (χ3n) is 2.44. The van der Waals surface area contributed by atoms with E-state index in [1.807, 2.05) is 7.05 Å². The van der Waals surface area contributed by atoms with Crippen molar-refractivity contribution in [2.24, 2.45) is 13.0 Å². The summed E-state index contributed by atoms with van der Waals surface area (Å²) in [6.45, 7) is 4.82. The SMILES string of the molecule is CC(C)Cn1ccnc(Nc2cnn(C)c2)c1=O. The van der Waals surface area contributed by atoms with Crippen molar-refractivity contribution in [3.63, 3.8) is 0 Å². The molecule has 0 atom stereocenters. The van der Waals surface area contributed by atoms with E-state index in [4.69, 9.17) is 0 Å². The van der Waals surface area contributed by atoms with Crippen LogP contribution in [0.1, 0.15) is 13.8 Å². The fourth-order valence-electron chi connectivity index (χ4n) is 1.69. The molecule has 0 radical (unpaired) electrons. The van der Waals surface area contributed by atoms with Crippen LogP contribution in [0.25, 0.3) is 0 Å². The van der Waals surface area contributed by atoms with Gasteiger partial charge in [0.15, 0.2) is 5.82 Å². The lowest BCUT2D eigenvalue weighted by Crippen LogP contribution is -2.24. The van der Waals surface area contributed by atoms with Gasteiger partial charge in [-0.2, -0.15) is 5.10 Å². The summed E-state index contributed by atoms with van der Waals surface area (Å²) in [6.07, 6.45) is 6.78. The number of nitrogens with one attached hydrogen (secondary N) is 1. The lowest BCUT2D eigenvalue weighted by molar-refractivity contribution is 0.510. The zero-order chi connectivity index (χ0) is 13.1. The highest BCUT2D eigenvalue weighted by molar-refractivity contribution is 5.52. The number of anilines is 2. The average molecular weight is 247 g/mol. The van der Waals surface area contributed by atoms with Crippen LogP contribution in [0.15, 0.2) is 29.6 Å². The van der Waals surface area contributed by atoms with E-state index in [0.29, 0.717) is 18.3 Å². The molecule has 0 aliphatic carbocycles. The highest BCUT2D eigenvalue weighted by Gasteiger charge is 2.07. The summed E-state index contributed by atoms with van der Waals surface area (Å²) in [4.78, 5) is 16.2. The highest BCUT2D eigenvalue weighted by atomic mass is 16.1. The second-order valence-electron chi connectivity index (χ2n) is 4.65. The van der Waals surface area contributed by atoms with Crippen molar-refractivity contribution in [1.29, 1.82) is 0 Å². The zero-order valence-corrected chi connectivity index (χ0v) is 10.8. The average Bonchev–Trinajstić information content (AvgIpc) is 2.69. The Labute approximate surface area is 105 Å². The summed E-state index contributed by atoms with van der Waals surface area (Å²) >= 11 is 0. The first-order valence-electron chi connectivity index (χ1n) is 5.87. The van der Waals surface area contributed by atoms with Crippen LogP contribution in [0.2, 0.25) is 0 Å². The largest absolute Gasteiger partial charge is 0.333 e. The molecule has 18 heavy (non-hydrogen) atoms. The third-order valence-corrected chi connectivity index (χ3v) is 2.44. The van der Waals surface area contributed by atoms with E-state index < -0.39 is 0 Å². The zero-order valence-electron chi connectivity index (χ0n) is 10.8. The summed E-state index contributed by atoms with van der Waals surface area (Å²) in [5, 5.41) is 7.01. The van der Waals surface area contributed by atoms with E-state index >= 15 is 0 Å². The summed E-state index contributed by atoms with van der Waals surface area (Å²) in [5.74, 6) is 0.738. The maximum absolute atomic E-state index is 12.1. The van der Waals surface area contributed by atoms with Crippen LogP contribution in [0.5, 0.6) is 0 Å². The Morgan fingerprint density at radius 3 is 2.83 bits per heavy atom. The molecule has 1 N–H and O–H groups in total. The van der Waals surface area contributed by atoms with Gasteiger partial charge in [-0.15, -0.1) is 0 Å². The first-order chi connectivity index (χ1) is 8.56. The normalized spacial score (nSPS) is 10.9. The number of rotatable bonds is 4. The number of aryl methyl sites for hydroxylation is 1. The predicted octanol–water partition coefficient (Wildman–Crippen LogP) is 1.38. The molecule has 2 aromatic rings. The van der Waals surface area contributed by atoms with Crippen molar-refractivity contribution in [2.75, 3.05) is 5.32 Å². The van der Waals surface area contributed by atoms with Crippen LogP contribution in [0.3, 0.4) is 0 Å². The van der Waals surface area contributed by atoms with Crippen molar-refractivity contribution >= 4 is 11.5 Å². The minimum Gasteiger partial charge on any atom is -0.333 e. The number of hydrogen-bond donors (Lipinski definition) is 1. The number of hydrogen-bond acceptors (Lipinski definition) is 4. The number of nitrogens with zero attached hydrogens (tertiary/aromatic N) is 4. The highest BCUT2D eigenvalue weighted by Crippen LogP contribution is 2.09.